The lowest BCUT2D eigenvalue weighted by molar-refractivity contribution is 0.628. The number of nitrogens with zero attached hydrogens (tertiary/aromatic N) is 2. The van der Waals surface area contributed by atoms with E-state index in [9.17, 15) is 4.39 Å². The zero-order valence-corrected chi connectivity index (χ0v) is 11.8. The van der Waals surface area contributed by atoms with Crippen molar-refractivity contribution in [2.24, 2.45) is 0 Å². The Morgan fingerprint density at radius 2 is 2.00 bits per heavy atom. The van der Waals surface area contributed by atoms with Crippen LogP contribution in [0.4, 0.5) is 10.1 Å². The number of halogens is 1. The number of fused-ring (bicyclic) bond motifs is 1. The third-order valence-electron chi connectivity index (χ3n) is 3.35. The van der Waals surface area contributed by atoms with Gasteiger partial charge >= 0.3 is 0 Å². The van der Waals surface area contributed by atoms with Gasteiger partial charge in [0.1, 0.15) is 17.2 Å². The molecule has 3 rings (SSSR count). The summed E-state index contributed by atoms with van der Waals surface area (Å²) in [6.07, 6.45) is 0. The highest BCUT2D eigenvalue weighted by Crippen LogP contribution is 2.29. The maximum absolute atomic E-state index is 14.1. The van der Waals surface area contributed by atoms with Gasteiger partial charge in [0.15, 0.2) is 0 Å². The van der Waals surface area contributed by atoms with Gasteiger partial charge in [0.25, 0.3) is 0 Å². The van der Waals surface area contributed by atoms with E-state index in [0.717, 1.165) is 11.1 Å². The highest BCUT2D eigenvalue weighted by atomic mass is 19.1. The molecule has 106 valence electrons. The van der Waals surface area contributed by atoms with E-state index in [1.807, 2.05) is 23.6 Å². The minimum atomic E-state index is -0.297. The van der Waals surface area contributed by atoms with Crippen molar-refractivity contribution in [3.05, 3.63) is 60.4 Å². The first kappa shape index (κ1) is 13.4. The van der Waals surface area contributed by atoms with Crippen molar-refractivity contribution in [2.75, 3.05) is 5.73 Å². The normalized spacial score (nSPS) is 11.0. The van der Waals surface area contributed by atoms with Crippen molar-refractivity contribution >= 4 is 16.7 Å². The van der Waals surface area contributed by atoms with Gasteiger partial charge in [0.05, 0.1) is 16.8 Å². The molecule has 0 bridgehead atoms. The third kappa shape index (κ3) is 2.29. The molecule has 2 aromatic carbocycles. The van der Waals surface area contributed by atoms with Gasteiger partial charge in [-0.15, -0.1) is 0 Å². The minimum Gasteiger partial charge on any atom is -0.397 e. The van der Waals surface area contributed by atoms with Crippen LogP contribution in [0.5, 0.6) is 0 Å². The maximum atomic E-state index is 14.1. The smallest absolute Gasteiger partial charge is 0.144 e. The summed E-state index contributed by atoms with van der Waals surface area (Å²) in [5, 5.41) is 0. The summed E-state index contributed by atoms with van der Waals surface area (Å²) in [5.74, 6) is 0.276. The zero-order valence-electron chi connectivity index (χ0n) is 11.8. The lowest BCUT2D eigenvalue weighted by Gasteiger charge is -2.09. The highest BCUT2D eigenvalue weighted by Gasteiger charge is 2.16. The lowest BCUT2D eigenvalue weighted by atomic mass is 10.2. The molecular weight excluding hydrogens is 265 g/mol. The number of para-hydroxylation sites is 1. The quantitative estimate of drug-likeness (QED) is 0.582. The minimum absolute atomic E-state index is 0.297. The molecule has 3 nitrogen and oxygen atoms in total. The van der Waals surface area contributed by atoms with Gasteiger partial charge in [-0.25, -0.2) is 9.37 Å². The van der Waals surface area contributed by atoms with Gasteiger partial charge in [-0.2, -0.15) is 0 Å². The maximum Gasteiger partial charge on any atom is 0.144 e. The number of hydrogen-bond donors (Lipinski definition) is 1. The Hall–Kier alpha value is -2.62. The molecule has 1 heterocycles. The number of nitrogen functional groups attached to an aromatic ring is 1. The number of imidazole rings is 1. The lowest BCUT2D eigenvalue weighted by Crippen LogP contribution is -2.02. The van der Waals surface area contributed by atoms with E-state index in [4.69, 9.17) is 5.73 Å². The second-order valence-corrected chi connectivity index (χ2v) is 5.17. The predicted molar refractivity (Wildman–Crippen MR) is 84.4 cm³/mol. The second-order valence-electron chi connectivity index (χ2n) is 5.17. The fourth-order valence-corrected chi connectivity index (χ4v) is 2.45. The van der Waals surface area contributed by atoms with E-state index in [0.29, 0.717) is 29.1 Å². The molecule has 0 amide bonds. The molecule has 0 saturated heterocycles. The molecule has 21 heavy (non-hydrogen) atoms. The number of hydrogen-bond acceptors (Lipinski definition) is 2. The molecule has 3 aromatic rings. The summed E-state index contributed by atoms with van der Waals surface area (Å²) in [5.41, 5.74) is 9.59. The Morgan fingerprint density at radius 3 is 2.71 bits per heavy atom. The monoisotopic (exact) mass is 281 g/mol. The SMILES string of the molecule is C=C(C)Cn1c(-c2ccccc2F)nc2c(N)cccc21. The molecule has 1 aromatic heterocycles. The Balaban J connectivity index is 2.33. The van der Waals surface area contributed by atoms with Crippen LogP contribution >= 0.6 is 0 Å². The third-order valence-corrected chi connectivity index (χ3v) is 3.35. The number of allylic oxidation sites excluding steroid dienone is 1. The summed E-state index contributed by atoms with van der Waals surface area (Å²) in [6.45, 7) is 6.45. The van der Waals surface area contributed by atoms with Gasteiger partial charge in [-0.05, 0) is 31.2 Å². The van der Waals surface area contributed by atoms with E-state index < -0.39 is 0 Å². The summed E-state index contributed by atoms with van der Waals surface area (Å²) >= 11 is 0. The molecule has 0 fully saturated rings. The first-order valence-electron chi connectivity index (χ1n) is 6.72. The molecule has 2 N–H and O–H groups in total. The van der Waals surface area contributed by atoms with Gasteiger partial charge in [0.2, 0.25) is 0 Å². The van der Waals surface area contributed by atoms with Gasteiger partial charge < -0.3 is 10.3 Å². The number of nitrogens with two attached hydrogens (primary N) is 1. The van der Waals surface area contributed by atoms with Crippen LogP contribution in [-0.4, -0.2) is 9.55 Å². The van der Waals surface area contributed by atoms with E-state index >= 15 is 0 Å². The average Bonchev–Trinajstić information content (AvgIpc) is 2.79. The number of aromatic nitrogens is 2. The molecule has 0 aliphatic heterocycles. The number of benzene rings is 2. The molecule has 0 aliphatic rings. The van der Waals surface area contributed by atoms with Crippen molar-refractivity contribution in [2.45, 2.75) is 13.5 Å². The summed E-state index contributed by atoms with van der Waals surface area (Å²) in [6, 6.07) is 12.2. The largest absolute Gasteiger partial charge is 0.397 e. The van der Waals surface area contributed by atoms with Crippen LogP contribution in [-0.2, 0) is 6.54 Å². The molecule has 0 atom stereocenters. The van der Waals surface area contributed by atoms with Crippen LogP contribution in [0.2, 0.25) is 0 Å². The highest BCUT2D eigenvalue weighted by molar-refractivity contribution is 5.90. The van der Waals surface area contributed by atoms with Gasteiger partial charge in [-0.3, -0.25) is 0 Å². The van der Waals surface area contributed by atoms with Crippen LogP contribution < -0.4 is 5.73 Å². The van der Waals surface area contributed by atoms with Crippen molar-refractivity contribution in [3.8, 4) is 11.4 Å². The van der Waals surface area contributed by atoms with Crippen LogP contribution in [0.3, 0.4) is 0 Å². The first-order valence-corrected chi connectivity index (χ1v) is 6.72. The predicted octanol–water partition coefficient (Wildman–Crippen LogP) is 4.00. The van der Waals surface area contributed by atoms with Crippen LogP contribution in [0, 0.1) is 5.82 Å². The molecule has 0 spiro atoms. The Bertz CT molecular complexity index is 833. The summed E-state index contributed by atoms with van der Waals surface area (Å²) in [4.78, 5) is 4.55. The van der Waals surface area contributed by atoms with E-state index in [1.54, 1.807) is 24.3 Å². The van der Waals surface area contributed by atoms with Gasteiger partial charge in [-0.1, -0.05) is 30.4 Å². The van der Waals surface area contributed by atoms with Crippen molar-refractivity contribution in [1.29, 1.82) is 0 Å². The van der Waals surface area contributed by atoms with E-state index in [1.165, 1.54) is 6.07 Å². The van der Waals surface area contributed by atoms with E-state index in [-0.39, 0.29) is 5.82 Å². The fraction of sp³-hybridized carbons (Fsp3) is 0.118. The standard InChI is InChI=1S/C17H16FN3/c1-11(2)10-21-15-9-5-8-14(19)16(15)20-17(21)12-6-3-4-7-13(12)18/h3-9H,1,10,19H2,2H3. The number of anilines is 1. The second kappa shape index (κ2) is 5.05. The van der Waals surface area contributed by atoms with Crippen LogP contribution in [0.15, 0.2) is 54.6 Å². The van der Waals surface area contributed by atoms with Crippen molar-refractivity contribution in [3.63, 3.8) is 0 Å². The molecule has 0 radical (unpaired) electrons. The number of rotatable bonds is 3. The van der Waals surface area contributed by atoms with Crippen LogP contribution in [0.1, 0.15) is 6.92 Å². The Morgan fingerprint density at radius 1 is 1.24 bits per heavy atom. The van der Waals surface area contributed by atoms with Crippen LogP contribution in [0.25, 0.3) is 22.4 Å². The Kier molecular flexibility index (Phi) is 3.22. The fourth-order valence-electron chi connectivity index (χ4n) is 2.45. The average molecular weight is 281 g/mol. The molecule has 0 unspecified atom stereocenters. The summed E-state index contributed by atoms with van der Waals surface area (Å²) in [7, 11) is 0. The van der Waals surface area contributed by atoms with E-state index in [2.05, 4.69) is 11.6 Å². The Labute approximate surface area is 122 Å². The topological polar surface area (TPSA) is 43.8 Å². The molecule has 0 saturated carbocycles. The zero-order chi connectivity index (χ0) is 15.0. The van der Waals surface area contributed by atoms with Crippen molar-refractivity contribution < 1.29 is 4.39 Å². The first-order chi connectivity index (χ1) is 10.1. The molecular formula is C17H16FN3. The van der Waals surface area contributed by atoms with Crippen molar-refractivity contribution in [1.82, 2.24) is 9.55 Å². The van der Waals surface area contributed by atoms with Gasteiger partial charge in [0, 0.05) is 6.54 Å². The summed E-state index contributed by atoms with van der Waals surface area (Å²) < 4.78 is 16.1. The molecule has 0 aliphatic carbocycles. The molecule has 4 heteroatoms.